The molecule has 1 atom stereocenters. The van der Waals surface area contributed by atoms with Crippen molar-refractivity contribution in [2.45, 2.75) is 45.8 Å². The summed E-state index contributed by atoms with van der Waals surface area (Å²) in [5.74, 6) is -0.306. The molecule has 2 aromatic rings. The smallest absolute Gasteiger partial charge is 0.331 e. The van der Waals surface area contributed by atoms with Gasteiger partial charge in [-0.25, -0.2) is 4.79 Å². The van der Waals surface area contributed by atoms with Crippen molar-refractivity contribution in [1.29, 1.82) is 0 Å². The molecule has 0 aliphatic carbocycles. The minimum atomic E-state index is -0.583. The molecule has 0 heterocycles. The second kappa shape index (κ2) is 9.14. The zero-order chi connectivity index (χ0) is 19.0. The average molecular weight is 349 g/mol. The summed E-state index contributed by atoms with van der Waals surface area (Å²) < 4.78 is 5.59. The maximum atomic E-state index is 12.7. The van der Waals surface area contributed by atoms with E-state index >= 15 is 0 Å². The number of benzene rings is 2. The van der Waals surface area contributed by atoms with Gasteiger partial charge in [-0.3, -0.25) is 4.99 Å². The molecule has 0 unspecified atom stereocenters. The summed E-state index contributed by atoms with van der Waals surface area (Å²) in [4.78, 5) is 17.5. The zero-order valence-corrected chi connectivity index (χ0v) is 16.0. The van der Waals surface area contributed by atoms with Gasteiger partial charge in [-0.05, 0) is 34.1 Å². The maximum Gasteiger partial charge on any atom is 0.331 e. The number of carbonyl (C=O) groups excluding carboxylic acids is 1. The molecule has 0 aliphatic rings. The van der Waals surface area contributed by atoms with Crippen LogP contribution in [0.2, 0.25) is 0 Å². The Kier molecular flexibility index (Phi) is 6.90. The monoisotopic (exact) mass is 349 g/mol. The normalized spacial score (nSPS) is 12.6. The number of nitrogens with zero attached hydrogens (tertiary/aromatic N) is 1. The van der Waals surface area contributed by atoms with Gasteiger partial charge in [0.1, 0.15) is 5.60 Å². The molecule has 0 amide bonds. The van der Waals surface area contributed by atoms with Crippen LogP contribution >= 0.6 is 0 Å². The van der Waals surface area contributed by atoms with E-state index in [9.17, 15) is 4.79 Å². The molecule has 0 saturated heterocycles. The Balaban J connectivity index is 2.47. The van der Waals surface area contributed by atoms with E-state index in [1.165, 1.54) is 0 Å². The van der Waals surface area contributed by atoms with Crippen molar-refractivity contribution in [2.75, 3.05) is 0 Å². The summed E-state index contributed by atoms with van der Waals surface area (Å²) in [5, 5.41) is 0. The molecule has 0 spiro atoms. The highest BCUT2D eigenvalue weighted by Crippen LogP contribution is 2.17. The Labute approximate surface area is 156 Å². The second-order valence-electron chi connectivity index (χ2n) is 7.06. The van der Waals surface area contributed by atoms with E-state index < -0.39 is 11.6 Å². The van der Waals surface area contributed by atoms with Crippen molar-refractivity contribution < 1.29 is 9.53 Å². The number of allylic oxidation sites excluding steroid dienone is 1. The number of hydrogen-bond acceptors (Lipinski definition) is 3. The number of carbonyl (C=O) groups is 1. The lowest BCUT2D eigenvalue weighted by Gasteiger charge is -2.22. The predicted molar refractivity (Wildman–Crippen MR) is 108 cm³/mol. The van der Waals surface area contributed by atoms with Crippen LogP contribution < -0.4 is 0 Å². The molecule has 0 N–H and O–H groups in total. The maximum absolute atomic E-state index is 12.7. The van der Waals surface area contributed by atoms with E-state index in [0.717, 1.165) is 16.8 Å². The van der Waals surface area contributed by atoms with E-state index in [1.54, 1.807) is 0 Å². The van der Waals surface area contributed by atoms with E-state index in [4.69, 9.17) is 9.73 Å². The highest BCUT2D eigenvalue weighted by Gasteiger charge is 2.25. The Bertz CT molecular complexity index is 714. The molecule has 2 aromatic carbocycles. The Hall–Kier alpha value is -2.68. The lowest BCUT2D eigenvalue weighted by atomic mass is 10.0. The third-order valence-electron chi connectivity index (χ3n) is 3.65. The van der Waals surface area contributed by atoms with Crippen molar-refractivity contribution >= 4 is 11.7 Å². The van der Waals surface area contributed by atoms with Crippen LogP contribution in [0.3, 0.4) is 0 Å². The lowest BCUT2D eigenvalue weighted by molar-refractivity contribution is -0.156. The predicted octanol–water partition coefficient (Wildman–Crippen LogP) is 5.20. The first-order valence-electron chi connectivity index (χ1n) is 8.93. The van der Waals surface area contributed by atoms with Crippen molar-refractivity contribution in [1.82, 2.24) is 0 Å². The Morgan fingerprint density at radius 1 is 1.00 bits per heavy atom. The number of rotatable bonds is 6. The standard InChI is InChI=1S/C23H27NO2/c1-5-6-17-20(22(25)26-23(2,3)4)24-21(18-13-9-7-10-14-18)19-15-11-8-12-16-19/h5-16,20H,17H2,1-4H3/b6-5+/t20-/m1/s1. The van der Waals surface area contributed by atoms with Gasteiger partial charge in [-0.15, -0.1) is 0 Å². The summed E-state index contributed by atoms with van der Waals surface area (Å²) in [6.45, 7) is 7.55. The van der Waals surface area contributed by atoms with Gasteiger partial charge in [0.05, 0.1) is 5.71 Å². The van der Waals surface area contributed by atoms with Gasteiger partial charge >= 0.3 is 5.97 Å². The zero-order valence-electron chi connectivity index (χ0n) is 16.0. The second-order valence-corrected chi connectivity index (χ2v) is 7.06. The third-order valence-corrected chi connectivity index (χ3v) is 3.65. The Morgan fingerprint density at radius 2 is 1.50 bits per heavy atom. The van der Waals surface area contributed by atoms with Crippen LogP contribution in [0.25, 0.3) is 0 Å². The van der Waals surface area contributed by atoms with E-state index in [0.29, 0.717) is 6.42 Å². The van der Waals surface area contributed by atoms with Crippen molar-refractivity contribution in [3.8, 4) is 0 Å². The summed E-state index contributed by atoms with van der Waals surface area (Å²) in [5.41, 5.74) is 2.22. The van der Waals surface area contributed by atoms with Gasteiger partial charge in [0, 0.05) is 11.1 Å². The molecule has 0 aromatic heterocycles. The molecule has 3 nitrogen and oxygen atoms in total. The van der Waals surface area contributed by atoms with E-state index in [2.05, 4.69) is 0 Å². The quantitative estimate of drug-likeness (QED) is 0.408. The fraction of sp³-hybridized carbons (Fsp3) is 0.304. The number of aliphatic imine (C=N–C) groups is 1. The van der Waals surface area contributed by atoms with Gasteiger partial charge < -0.3 is 4.74 Å². The molecule has 0 bridgehead atoms. The van der Waals surface area contributed by atoms with Gasteiger partial charge in [0.2, 0.25) is 0 Å². The average Bonchev–Trinajstić information content (AvgIpc) is 2.62. The fourth-order valence-electron chi connectivity index (χ4n) is 2.50. The first-order valence-corrected chi connectivity index (χ1v) is 8.93. The lowest BCUT2D eigenvalue weighted by Crippen LogP contribution is -2.31. The van der Waals surface area contributed by atoms with Gasteiger partial charge in [0.15, 0.2) is 6.04 Å². The topological polar surface area (TPSA) is 38.7 Å². The van der Waals surface area contributed by atoms with Crippen LogP contribution in [-0.2, 0) is 9.53 Å². The number of esters is 1. The van der Waals surface area contributed by atoms with Crippen molar-refractivity contribution in [3.63, 3.8) is 0 Å². The first kappa shape index (κ1) is 19.6. The minimum Gasteiger partial charge on any atom is -0.458 e. The molecule has 0 saturated carbocycles. The molecular weight excluding hydrogens is 322 g/mol. The molecule has 3 heteroatoms. The highest BCUT2D eigenvalue weighted by atomic mass is 16.6. The SMILES string of the molecule is C/C=C/C[C@@H](N=C(c1ccccc1)c1ccccc1)C(=O)OC(C)(C)C. The molecule has 0 aliphatic heterocycles. The summed E-state index contributed by atoms with van der Waals surface area (Å²) in [7, 11) is 0. The van der Waals surface area contributed by atoms with E-state index in [1.807, 2.05) is 101 Å². The largest absolute Gasteiger partial charge is 0.458 e. The molecule has 26 heavy (non-hydrogen) atoms. The fourth-order valence-corrected chi connectivity index (χ4v) is 2.50. The molecule has 2 rings (SSSR count). The minimum absolute atomic E-state index is 0.306. The Morgan fingerprint density at radius 3 is 1.92 bits per heavy atom. The van der Waals surface area contributed by atoms with Crippen LogP contribution in [0.5, 0.6) is 0 Å². The number of ether oxygens (including phenoxy) is 1. The van der Waals surface area contributed by atoms with Crippen molar-refractivity contribution in [3.05, 3.63) is 83.9 Å². The van der Waals surface area contributed by atoms with Gasteiger partial charge in [-0.1, -0.05) is 72.8 Å². The highest BCUT2D eigenvalue weighted by molar-refractivity contribution is 6.13. The van der Waals surface area contributed by atoms with Gasteiger partial charge in [-0.2, -0.15) is 0 Å². The number of hydrogen-bond donors (Lipinski definition) is 0. The molecule has 136 valence electrons. The molecular formula is C23H27NO2. The van der Waals surface area contributed by atoms with Crippen LogP contribution in [0.15, 0.2) is 77.8 Å². The third kappa shape index (κ3) is 5.99. The summed E-state index contributed by atoms with van der Waals surface area (Å²) >= 11 is 0. The summed E-state index contributed by atoms with van der Waals surface area (Å²) in [6, 6.07) is 19.3. The first-order chi connectivity index (χ1) is 12.4. The molecule has 0 radical (unpaired) electrons. The van der Waals surface area contributed by atoms with Crippen LogP contribution in [0.1, 0.15) is 45.2 Å². The van der Waals surface area contributed by atoms with Gasteiger partial charge in [0.25, 0.3) is 0 Å². The molecule has 0 fully saturated rings. The van der Waals surface area contributed by atoms with E-state index in [-0.39, 0.29) is 5.97 Å². The van der Waals surface area contributed by atoms with Crippen LogP contribution in [-0.4, -0.2) is 23.3 Å². The summed E-state index contributed by atoms with van der Waals surface area (Å²) in [6.07, 6.45) is 4.39. The van der Waals surface area contributed by atoms with Crippen LogP contribution in [0.4, 0.5) is 0 Å². The van der Waals surface area contributed by atoms with Crippen molar-refractivity contribution in [2.24, 2.45) is 4.99 Å². The van der Waals surface area contributed by atoms with Crippen LogP contribution in [0, 0.1) is 0 Å².